The van der Waals surface area contributed by atoms with Gasteiger partial charge in [-0.25, -0.2) is 9.98 Å². The molecule has 0 aromatic carbocycles. The Morgan fingerprint density at radius 2 is 2.03 bits per heavy atom. The zero-order chi connectivity index (χ0) is 20.6. The van der Waals surface area contributed by atoms with Crippen molar-refractivity contribution in [2.45, 2.75) is 39.0 Å². The number of alkyl halides is 3. The number of likely N-dealkylation sites (tertiary alicyclic amines) is 1. The van der Waals surface area contributed by atoms with Crippen molar-refractivity contribution in [1.82, 2.24) is 15.2 Å². The lowest BCUT2D eigenvalue weighted by atomic mass is 10.1. The number of hydrogen-bond acceptors (Lipinski definition) is 4. The highest BCUT2D eigenvalue weighted by Gasteiger charge is 2.31. The van der Waals surface area contributed by atoms with Crippen molar-refractivity contribution in [3.05, 3.63) is 22.8 Å². The maximum atomic E-state index is 12.6. The summed E-state index contributed by atoms with van der Waals surface area (Å²) in [7, 11) is 0. The Morgan fingerprint density at radius 3 is 2.59 bits per heavy atom. The number of hydrogen-bond donors (Lipinski definition) is 1. The predicted octanol–water partition coefficient (Wildman–Crippen LogP) is 4.22. The molecule has 166 valence electrons. The molecule has 0 spiro atoms. The summed E-state index contributed by atoms with van der Waals surface area (Å²) in [5, 5.41) is 3.07. The van der Waals surface area contributed by atoms with Crippen LogP contribution in [0, 0.1) is 0 Å². The number of nitrogens with one attached hydrogen (secondary N) is 1. The van der Waals surface area contributed by atoms with Crippen LogP contribution < -0.4 is 10.1 Å². The second-order valence-electron chi connectivity index (χ2n) is 6.23. The minimum absolute atomic E-state index is 0. The van der Waals surface area contributed by atoms with Gasteiger partial charge in [0, 0.05) is 32.4 Å². The zero-order valence-corrected chi connectivity index (χ0v) is 19.6. The molecule has 0 atom stereocenters. The topological polar surface area (TPSA) is 59.0 Å². The van der Waals surface area contributed by atoms with Gasteiger partial charge < -0.3 is 19.7 Å². The van der Waals surface area contributed by atoms with Crippen LogP contribution >= 0.6 is 35.6 Å². The van der Waals surface area contributed by atoms with E-state index in [0.29, 0.717) is 18.8 Å². The first-order chi connectivity index (χ1) is 13.3. The van der Waals surface area contributed by atoms with Crippen LogP contribution in [0.5, 0.6) is 5.88 Å². The molecule has 0 radical (unpaired) electrons. The van der Waals surface area contributed by atoms with Gasteiger partial charge in [0.2, 0.25) is 5.88 Å². The van der Waals surface area contributed by atoms with Gasteiger partial charge in [-0.05, 0) is 32.8 Å². The molecule has 0 amide bonds. The summed E-state index contributed by atoms with van der Waals surface area (Å²) in [6, 6.07) is 0.805. The fourth-order valence-electron chi connectivity index (χ4n) is 2.88. The lowest BCUT2D eigenvalue weighted by Gasteiger charge is -2.34. The Balaban J connectivity index is 0.00000420. The van der Waals surface area contributed by atoms with E-state index in [2.05, 4.69) is 20.2 Å². The Kier molecular flexibility index (Phi) is 11.3. The van der Waals surface area contributed by atoms with E-state index in [1.165, 1.54) is 0 Å². The average Bonchev–Trinajstić information content (AvgIpc) is 2.65. The number of piperidine rings is 1. The van der Waals surface area contributed by atoms with Gasteiger partial charge in [0.1, 0.15) is 11.6 Å². The summed E-state index contributed by atoms with van der Waals surface area (Å²) in [6.45, 7) is 7.62. The molecule has 11 heteroatoms. The molecule has 6 nitrogen and oxygen atoms in total. The Morgan fingerprint density at radius 1 is 1.34 bits per heavy atom. The molecule has 1 aromatic rings. The molecule has 2 rings (SSSR count). The van der Waals surface area contributed by atoms with Gasteiger partial charge in [-0.2, -0.15) is 13.2 Å². The molecule has 0 aliphatic carbocycles. The zero-order valence-electron chi connectivity index (χ0n) is 16.5. The van der Waals surface area contributed by atoms with E-state index < -0.39 is 11.7 Å². The number of pyridine rings is 1. The molecular formula is C18H27ClF3IN4O2. The molecule has 1 N–H and O–H groups in total. The van der Waals surface area contributed by atoms with Crippen molar-refractivity contribution in [2.24, 2.45) is 4.99 Å². The van der Waals surface area contributed by atoms with Crippen molar-refractivity contribution >= 4 is 41.5 Å². The summed E-state index contributed by atoms with van der Waals surface area (Å²) in [4.78, 5) is 10.3. The fourth-order valence-corrected chi connectivity index (χ4v) is 3.10. The van der Waals surface area contributed by atoms with Crippen molar-refractivity contribution < 1.29 is 22.6 Å². The Bertz CT molecular complexity index is 656. The number of nitrogens with zero attached hydrogens (tertiary/aromatic N) is 3. The number of rotatable bonds is 7. The SMILES string of the molecule is CCNC(=NCCOc1ncc(C(F)(F)F)cc1Cl)N1CCC(OCC)CC1.I. The van der Waals surface area contributed by atoms with Crippen molar-refractivity contribution in [2.75, 3.05) is 39.4 Å². The first-order valence-electron chi connectivity index (χ1n) is 9.35. The van der Waals surface area contributed by atoms with Crippen LogP contribution in [0.25, 0.3) is 0 Å². The number of guanidine groups is 1. The minimum Gasteiger partial charge on any atom is -0.475 e. The monoisotopic (exact) mass is 550 g/mol. The maximum absolute atomic E-state index is 12.6. The smallest absolute Gasteiger partial charge is 0.417 e. The Hall–Kier alpha value is -1.01. The van der Waals surface area contributed by atoms with Crippen molar-refractivity contribution in [3.63, 3.8) is 0 Å². The van der Waals surface area contributed by atoms with Crippen molar-refractivity contribution in [1.29, 1.82) is 0 Å². The molecule has 1 saturated heterocycles. The van der Waals surface area contributed by atoms with Gasteiger partial charge in [0.25, 0.3) is 0 Å². The summed E-state index contributed by atoms with van der Waals surface area (Å²) in [5.74, 6) is 0.750. The third kappa shape index (κ3) is 8.33. The quantitative estimate of drug-likeness (QED) is 0.239. The molecule has 1 aromatic heterocycles. The van der Waals surface area contributed by atoms with E-state index in [0.717, 1.165) is 51.1 Å². The molecular weight excluding hydrogens is 524 g/mol. The predicted molar refractivity (Wildman–Crippen MR) is 117 cm³/mol. The molecule has 0 saturated carbocycles. The van der Waals surface area contributed by atoms with Crippen LogP contribution in [0.15, 0.2) is 17.3 Å². The van der Waals surface area contributed by atoms with E-state index >= 15 is 0 Å². The van der Waals surface area contributed by atoms with Gasteiger partial charge in [0.05, 0.1) is 18.2 Å². The maximum Gasteiger partial charge on any atom is 0.417 e. The summed E-state index contributed by atoms with van der Waals surface area (Å²) < 4.78 is 49.0. The van der Waals surface area contributed by atoms with E-state index in [9.17, 15) is 13.2 Å². The average molecular weight is 551 g/mol. The summed E-state index contributed by atoms with van der Waals surface area (Å²) >= 11 is 5.83. The molecule has 1 aliphatic rings. The third-order valence-corrected chi connectivity index (χ3v) is 4.48. The lowest BCUT2D eigenvalue weighted by molar-refractivity contribution is -0.137. The van der Waals surface area contributed by atoms with Gasteiger partial charge >= 0.3 is 6.18 Å². The van der Waals surface area contributed by atoms with Crippen LogP contribution in [-0.2, 0) is 10.9 Å². The number of aromatic nitrogens is 1. The molecule has 2 heterocycles. The number of halogens is 5. The molecule has 1 fully saturated rings. The highest BCUT2D eigenvalue weighted by molar-refractivity contribution is 14.0. The first-order valence-corrected chi connectivity index (χ1v) is 9.73. The molecule has 1 aliphatic heterocycles. The van der Waals surface area contributed by atoms with Crippen LogP contribution in [0.4, 0.5) is 13.2 Å². The van der Waals surface area contributed by atoms with Crippen LogP contribution in [0.3, 0.4) is 0 Å². The van der Waals surface area contributed by atoms with E-state index in [1.54, 1.807) is 0 Å². The highest BCUT2D eigenvalue weighted by Crippen LogP contribution is 2.33. The number of aliphatic imine (C=N–C) groups is 1. The first kappa shape index (κ1) is 26.0. The van der Waals surface area contributed by atoms with E-state index in [1.807, 2.05) is 13.8 Å². The third-order valence-electron chi connectivity index (χ3n) is 4.21. The van der Waals surface area contributed by atoms with E-state index in [-0.39, 0.29) is 41.5 Å². The minimum atomic E-state index is -4.49. The van der Waals surface area contributed by atoms with Gasteiger partial charge in [-0.3, -0.25) is 0 Å². The lowest BCUT2D eigenvalue weighted by Crippen LogP contribution is -2.47. The van der Waals surface area contributed by atoms with Gasteiger partial charge in [-0.1, -0.05) is 11.6 Å². The van der Waals surface area contributed by atoms with Crippen LogP contribution in [0.2, 0.25) is 5.02 Å². The van der Waals surface area contributed by atoms with Gasteiger partial charge in [-0.15, -0.1) is 24.0 Å². The molecule has 0 bridgehead atoms. The van der Waals surface area contributed by atoms with Gasteiger partial charge in [0.15, 0.2) is 5.96 Å². The normalized spacial score (nSPS) is 15.8. The standard InChI is InChI=1S/C18H26ClF3N4O2.HI/c1-3-23-17(26-8-5-14(6-9-26)27-4-2)24-7-10-28-16-15(19)11-13(12-25-16)18(20,21)22;/h11-12,14H,3-10H2,1-2H3,(H,23,24);1H. The van der Waals surface area contributed by atoms with Crippen LogP contribution in [0.1, 0.15) is 32.3 Å². The Labute approximate surface area is 191 Å². The summed E-state index contributed by atoms with van der Waals surface area (Å²) in [6.07, 6.45) is -1.60. The van der Waals surface area contributed by atoms with Crippen molar-refractivity contribution in [3.8, 4) is 5.88 Å². The fraction of sp³-hybridized carbons (Fsp3) is 0.667. The van der Waals surface area contributed by atoms with E-state index in [4.69, 9.17) is 21.1 Å². The highest BCUT2D eigenvalue weighted by atomic mass is 127. The molecule has 0 unspecified atom stereocenters. The molecule has 29 heavy (non-hydrogen) atoms. The second-order valence-corrected chi connectivity index (χ2v) is 6.64. The summed E-state index contributed by atoms with van der Waals surface area (Å²) in [5.41, 5.74) is -0.909. The largest absolute Gasteiger partial charge is 0.475 e. The van der Waals surface area contributed by atoms with Crippen LogP contribution in [-0.4, -0.2) is 61.3 Å². The number of ether oxygens (including phenoxy) is 2. The second kappa shape index (κ2) is 12.6.